The van der Waals surface area contributed by atoms with E-state index < -0.39 is 0 Å². The lowest BCUT2D eigenvalue weighted by molar-refractivity contribution is 0.312. The molecular formula is C24H24N8. The minimum absolute atomic E-state index is 0.765. The largest absolute Gasteiger partial charge is 0.353 e. The fraction of sp³-hybridized carbons (Fsp3) is 0.250. The molecule has 5 aromatic heterocycles. The molecule has 5 aromatic rings. The highest BCUT2D eigenvalue weighted by atomic mass is 15.3. The lowest BCUT2D eigenvalue weighted by Crippen LogP contribution is -2.44. The first kappa shape index (κ1) is 18.9. The predicted octanol–water partition coefficient (Wildman–Crippen LogP) is 3.62. The molecule has 6 heterocycles. The third-order valence-electron chi connectivity index (χ3n) is 6.35. The van der Waals surface area contributed by atoms with Crippen LogP contribution in [0.3, 0.4) is 0 Å². The molecule has 0 unspecified atom stereocenters. The third-order valence-corrected chi connectivity index (χ3v) is 6.35. The van der Waals surface area contributed by atoms with Crippen molar-refractivity contribution in [1.29, 1.82) is 0 Å². The van der Waals surface area contributed by atoms with Gasteiger partial charge >= 0.3 is 0 Å². The molecule has 1 aliphatic rings. The molecule has 0 aromatic carbocycles. The maximum absolute atomic E-state index is 4.72. The first-order valence-electron chi connectivity index (χ1n) is 10.8. The number of aromatic nitrogens is 6. The quantitative estimate of drug-likeness (QED) is 0.460. The van der Waals surface area contributed by atoms with Crippen molar-refractivity contribution >= 4 is 27.8 Å². The molecule has 32 heavy (non-hydrogen) atoms. The van der Waals surface area contributed by atoms with Gasteiger partial charge in [0.25, 0.3) is 0 Å². The summed E-state index contributed by atoms with van der Waals surface area (Å²) in [6.07, 6.45) is 7.44. The van der Waals surface area contributed by atoms with Gasteiger partial charge in [-0.15, -0.1) is 0 Å². The molecule has 0 spiro atoms. The number of likely N-dealkylation sites (N-methyl/N-ethyl adjacent to an activating group) is 1. The summed E-state index contributed by atoms with van der Waals surface area (Å²) in [7, 11) is 2.16. The van der Waals surface area contributed by atoms with E-state index in [1.54, 1.807) is 0 Å². The van der Waals surface area contributed by atoms with Crippen molar-refractivity contribution in [2.45, 2.75) is 6.92 Å². The molecule has 1 aliphatic heterocycles. The molecule has 0 saturated carbocycles. The van der Waals surface area contributed by atoms with Gasteiger partial charge in [0, 0.05) is 72.9 Å². The van der Waals surface area contributed by atoms with Crippen molar-refractivity contribution in [3.63, 3.8) is 0 Å². The van der Waals surface area contributed by atoms with Gasteiger partial charge in [0.1, 0.15) is 11.5 Å². The van der Waals surface area contributed by atoms with E-state index in [0.29, 0.717) is 0 Å². The van der Waals surface area contributed by atoms with Crippen molar-refractivity contribution in [2.75, 3.05) is 38.1 Å². The smallest absolute Gasteiger partial charge is 0.155 e. The summed E-state index contributed by atoms with van der Waals surface area (Å²) in [5.41, 5.74) is 6.91. The number of H-pyrrole nitrogens is 2. The summed E-state index contributed by atoms with van der Waals surface area (Å²) >= 11 is 0. The van der Waals surface area contributed by atoms with E-state index in [2.05, 4.69) is 61.1 Å². The van der Waals surface area contributed by atoms with E-state index in [1.807, 2.05) is 36.9 Å². The molecule has 0 atom stereocenters. The number of rotatable bonds is 3. The standard InChI is InChI=1S/C24H24N8/c1-15-3-5-25-14-19(15)16-11-18-22(29-30-23(18)27-13-16)21-12-17-20(28-21)4-6-26-24(17)32-9-7-31(2)8-10-32/h3-6,11-14,28H,7-10H2,1-2H3,(H,27,29,30). The second-order valence-corrected chi connectivity index (χ2v) is 8.45. The number of hydrogen-bond acceptors (Lipinski definition) is 6. The van der Waals surface area contributed by atoms with Crippen LogP contribution in [-0.4, -0.2) is 68.3 Å². The van der Waals surface area contributed by atoms with Crippen LogP contribution in [0.25, 0.3) is 44.5 Å². The zero-order valence-corrected chi connectivity index (χ0v) is 18.1. The van der Waals surface area contributed by atoms with Gasteiger partial charge in [0.15, 0.2) is 5.65 Å². The molecule has 2 N–H and O–H groups in total. The number of anilines is 1. The lowest BCUT2D eigenvalue weighted by Gasteiger charge is -2.33. The highest BCUT2D eigenvalue weighted by Gasteiger charge is 2.20. The van der Waals surface area contributed by atoms with Gasteiger partial charge in [-0.2, -0.15) is 5.10 Å². The van der Waals surface area contributed by atoms with Crippen molar-refractivity contribution in [3.8, 4) is 22.5 Å². The van der Waals surface area contributed by atoms with Crippen LogP contribution in [0.4, 0.5) is 5.82 Å². The van der Waals surface area contributed by atoms with Crippen LogP contribution < -0.4 is 4.90 Å². The van der Waals surface area contributed by atoms with E-state index >= 15 is 0 Å². The minimum Gasteiger partial charge on any atom is -0.353 e. The predicted molar refractivity (Wildman–Crippen MR) is 127 cm³/mol. The van der Waals surface area contributed by atoms with Crippen LogP contribution in [0, 0.1) is 6.92 Å². The van der Waals surface area contributed by atoms with Crippen LogP contribution in [0.15, 0.2) is 49.1 Å². The highest BCUT2D eigenvalue weighted by molar-refractivity contribution is 5.99. The molecule has 0 bridgehead atoms. The molecule has 8 nitrogen and oxygen atoms in total. The maximum atomic E-state index is 4.72. The topological polar surface area (TPSA) is 89.6 Å². The molecule has 8 heteroatoms. The number of hydrogen-bond donors (Lipinski definition) is 2. The van der Waals surface area contributed by atoms with Crippen LogP contribution in [0.1, 0.15) is 5.56 Å². The van der Waals surface area contributed by atoms with E-state index in [1.165, 1.54) is 5.56 Å². The Morgan fingerprint density at radius 3 is 2.66 bits per heavy atom. The first-order valence-corrected chi connectivity index (χ1v) is 10.8. The van der Waals surface area contributed by atoms with E-state index in [9.17, 15) is 0 Å². The normalized spacial score (nSPS) is 15.1. The van der Waals surface area contributed by atoms with Crippen molar-refractivity contribution in [2.24, 2.45) is 0 Å². The number of piperazine rings is 1. The number of nitrogens with zero attached hydrogens (tertiary/aromatic N) is 6. The van der Waals surface area contributed by atoms with Crippen LogP contribution in [0.2, 0.25) is 0 Å². The number of aryl methyl sites for hydroxylation is 1. The van der Waals surface area contributed by atoms with Crippen molar-refractivity contribution in [1.82, 2.24) is 35.0 Å². The van der Waals surface area contributed by atoms with E-state index in [-0.39, 0.29) is 0 Å². The second kappa shape index (κ2) is 7.42. The Bertz CT molecular complexity index is 1420. The van der Waals surface area contributed by atoms with Crippen LogP contribution in [0.5, 0.6) is 0 Å². The van der Waals surface area contributed by atoms with Crippen LogP contribution in [-0.2, 0) is 0 Å². The fourth-order valence-electron chi connectivity index (χ4n) is 4.46. The number of pyridine rings is 3. The summed E-state index contributed by atoms with van der Waals surface area (Å²) in [6.45, 7) is 6.13. The van der Waals surface area contributed by atoms with Gasteiger partial charge < -0.3 is 14.8 Å². The number of nitrogens with one attached hydrogen (secondary N) is 2. The molecule has 160 valence electrons. The van der Waals surface area contributed by atoms with Gasteiger partial charge in [-0.3, -0.25) is 10.1 Å². The van der Waals surface area contributed by atoms with E-state index in [4.69, 9.17) is 4.98 Å². The zero-order valence-electron chi connectivity index (χ0n) is 18.1. The fourth-order valence-corrected chi connectivity index (χ4v) is 4.46. The molecule has 0 aliphatic carbocycles. The summed E-state index contributed by atoms with van der Waals surface area (Å²) < 4.78 is 0. The Balaban J connectivity index is 1.45. The first-order chi connectivity index (χ1) is 15.7. The Labute approximate surface area is 185 Å². The second-order valence-electron chi connectivity index (χ2n) is 8.45. The van der Waals surface area contributed by atoms with Crippen LogP contribution >= 0.6 is 0 Å². The highest BCUT2D eigenvalue weighted by Crippen LogP contribution is 2.33. The minimum atomic E-state index is 0.765. The van der Waals surface area contributed by atoms with Crippen molar-refractivity contribution < 1.29 is 0 Å². The van der Waals surface area contributed by atoms with Gasteiger partial charge in [-0.05, 0) is 43.8 Å². The summed E-state index contributed by atoms with van der Waals surface area (Å²) in [5, 5.41) is 9.77. The SMILES string of the molecule is Cc1ccncc1-c1cnc2[nH]nc(-c3cc4c(N5CCN(C)CC5)nccc4[nH]3)c2c1. The Morgan fingerprint density at radius 2 is 1.81 bits per heavy atom. The van der Waals surface area contributed by atoms with E-state index in [0.717, 1.165) is 76.4 Å². The lowest BCUT2D eigenvalue weighted by atomic mass is 10.0. The monoisotopic (exact) mass is 424 g/mol. The average molecular weight is 425 g/mol. The van der Waals surface area contributed by atoms with Gasteiger partial charge in [-0.1, -0.05) is 0 Å². The third kappa shape index (κ3) is 3.11. The summed E-state index contributed by atoms with van der Waals surface area (Å²) in [5.74, 6) is 1.03. The summed E-state index contributed by atoms with van der Waals surface area (Å²) in [4.78, 5) is 21.9. The number of fused-ring (bicyclic) bond motifs is 2. The van der Waals surface area contributed by atoms with Gasteiger partial charge in [0.05, 0.1) is 11.2 Å². The summed E-state index contributed by atoms with van der Waals surface area (Å²) in [6, 6.07) is 8.33. The Hall–Kier alpha value is -3.78. The molecule has 1 saturated heterocycles. The van der Waals surface area contributed by atoms with Gasteiger partial charge in [-0.25, -0.2) is 9.97 Å². The van der Waals surface area contributed by atoms with Crippen molar-refractivity contribution in [3.05, 3.63) is 54.6 Å². The Kier molecular flexibility index (Phi) is 4.39. The molecule has 6 rings (SSSR count). The maximum Gasteiger partial charge on any atom is 0.155 e. The molecule has 0 amide bonds. The average Bonchev–Trinajstić information content (AvgIpc) is 3.43. The number of aromatic amines is 2. The zero-order chi connectivity index (χ0) is 21.7. The molecular weight excluding hydrogens is 400 g/mol. The molecule has 0 radical (unpaired) electrons. The Morgan fingerprint density at radius 1 is 0.938 bits per heavy atom. The molecule has 1 fully saturated rings. The van der Waals surface area contributed by atoms with Gasteiger partial charge in [0.2, 0.25) is 0 Å².